The van der Waals surface area contributed by atoms with E-state index in [4.69, 9.17) is 9.26 Å². The summed E-state index contributed by atoms with van der Waals surface area (Å²) < 4.78 is 13.5. The fraction of sp³-hybridized carbons (Fsp3) is 0.706. The molecule has 7 nitrogen and oxygen atoms in total. The number of rotatable bonds is 5. The maximum Gasteiger partial charge on any atom is 0.243 e. The molecule has 1 aliphatic heterocycles. The third-order valence-corrected chi connectivity index (χ3v) is 4.96. The molecular formula is C17H25N5O2. The van der Waals surface area contributed by atoms with Gasteiger partial charge < -0.3 is 9.26 Å². The second-order valence-electron chi connectivity index (χ2n) is 7.04. The van der Waals surface area contributed by atoms with E-state index in [1.165, 1.54) is 18.5 Å². The average molecular weight is 331 g/mol. The summed E-state index contributed by atoms with van der Waals surface area (Å²) in [6, 6.07) is 2.22. The minimum absolute atomic E-state index is 0.122. The van der Waals surface area contributed by atoms with Crippen molar-refractivity contribution in [1.29, 1.82) is 0 Å². The molecule has 4 rings (SSSR count). The van der Waals surface area contributed by atoms with Gasteiger partial charge in [-0.15, -0.1) is 0 Å². The van der Waals surface area contributed by atoms with Crippen LogP contribution in [0, 0.1) is 13.8 Å². The molecule has 0 amide bonds. The molecule has 0 spiro atoms. The first-order valence-corrected chi connectivity index (χ1v) is 8.80. The largest absolute Gasteiger partial charge is 0.374 e. The van der Waals surface area contributed by atoms with Crippen LogP contribution in [0.5, 0.6) is 0 Å². The standard InChI is InChI=1S/C17H25N5O2/c1-11-8-12(2)22(19-11)10-15-9-21(6-7-23-15)13(3)17-18-16(20-24-17)14-4-5-14/h8,13-15H,4-7,9-10H2,1-3H3/t13-,15-/m0/s1. The molecule has 2 aliphatic rings. The Morgan fingerprint density at radius 3 is 2.88 bits per heavy atom. The third kappa shape index (κ3) is 3.23. The lowest BCUT2D eigenvalue weighted by atomic mass is 10.2. The molecule has 1 saturated heterocycles. The molecular weight excluding hydrogens is 306 g/mol. The first-order chi connectivity index (χ1) is 11.6. The number of morpholine rings is 1. The summed E-state index contributed by atoms with van der Waals surface area (Å²) >= 11 is 0. The third-order valence-electron chi connectivity index (χ3n) is 4.96. The molecule has 0 aromatic carbocycles. The molecule has 0 bridgehead atoms. The highest BCUT2D eigenvalue weighted by molar-refractivity contribution is 5.07. The van der Waals surface area contributed by atoms with Gasteiger partial charge >= 0.3 is 0 Å². The van der Waals surface area contributed by atoms with Crippen LogP contribution in [-0.2, 0) is 11.3 Å². The average Bonchev–Trinajstić information content (AvgIpc) is 3.22. The Bertz CT molecular complexity index is 706. The van der Waals surface area contributed by atoms with Crippen molar-refractivity contribution in [2.75, 3.05) is 19.7 Å². The van der Waals surface area contributed by atoms with Crippen LogP contribution in [0.2, 0.25) is 0 Å². The summed E-state index contributed by atoms with van der Waals surface area (Å²) in [5, 5.41) is 8.68. The normalized spacial score (nSPS) is 23.5. The SMILES string of the molecule is Cc1cc(C)n(C[C@@H]2CN([C@@H](C)c3nc(C4CC4)no3)CCO2)n1. The number of aryl methyl sites for hydroxylation is 2. The van der Waals surface area contributed by atoms with Gasteiger partial charge in [-0.05, 0) is 39.7 Å². The van der Waals surface area contributed by atoms with Crippen molar-refractivity contribution in [3.63, 3.8) is 0 Å². The van der Waals surface area contributed by atoms with Gasteiger partial charge in [0.05, 0.1) is 31.0 Å². The van der Waals surface area contributed by atoms with E-state index in [9.17, 15) is 0 Å². The van der Waals surface area contributed by atoms with Crippen molar-refractivity contribution in [1.82, 2.24) is 24.8 Å². The van der Waals surface area contributed by atoms with Crippen molar-refractivity contribution in [2.24, 2.45) is 0 Å². The zero-order valence-corrected chi connectivity index (χ0v) is 14.6. The van der Waals surface area contributed by atoms with Crippen molar-refractivity contribution in [3.05, 3.63) is 29.2 Å². The molecule has 0 unspecified atom stereocenters. The van der Waals surface area contributed by atoms with Crippen LogP contribution in [0.1, 0.15) is 54.8 Å². The van der Waals surface area contributed by atoms with E-state index in [2.05, 4.69) is 40.1 Å². The van der Waals surface area contributed by atoms with Gasteiger partial charge in [-0.25, -0.2) is 0 Å². The van der Waals surface area contributed by atoms with Crippen molar-refractivity contribution < 1.29 is 9.26 Å². The van der Waals surface area contributed by atoms with Gasteiger partial charge in [0.2, 0.25) is 5.89 Å². The summed E-state index contributed by atoms with van der Waals surface area (Å²) in [7, 11) is 0. The van der Waals surface area contributed by atoms with Crippen LogP contribution in [0.15, 0.2) is 10.6 Å². The Hall–Kier alpha value is -1.73. The van der Waals surface area contributed by atoms with Gasteiger partial charge in [0, 0.05) is 24.7 Å². The van der Waals surface area contributed by atoms with Crippen molar-refractivity contribution in [3.8, 4) is 0 Å². The van der Waals surface area contributed by atoms with Crippen LogP contribution in [-0.4, -0.2) is 50.6 Å². The van der Waals surface area contributed by atoms with E-state index in [0.29, 0.717) is 5.92 Å². The van der Waals surface area contributed by atoms with Gasteiger partial charge in [-0.2, -0.15) is 10.1 Å². The molecule has 24 heavy (non-hydrogen) atoms. The second-order valence-corrected chi connectivity index (χ2v) is 7.04. The van der Waals surface area contributed by atoms with Crippen LogP contribution in [0.4, 0.5) is 0 Å². The number of nitrogens with zero attached hydrogens (tertiary/aromatic N) is 5. The zero-order chi connectivity index (χ0) is 16.7. The lowest BCUT2D eigenvalue weighted by Crippen LogP contribution is -2.45. The van der Waals surface area contributed by atoms with Crippen LogP contribution in [0.3, 0.4) is 0 Å². The predicted octanol–water partition coefficient (Wildman–Crippen LogP) is 2.22. The number of hydrogen-bond donors (Lipinski definition) is 0. The van der Waals surface area contributed by atoms with E-state index < -0.39 is 0 Å². The second kappa shape index (κ2) is 6.29. The summed E-state index contributed by atoms with van der Waals surface area (Å²) in [6.07, 6.45) is 2.51. The van der Waals surface area contributed by atoms with Gasteiger partial charge in [0.1, 0.15) is 0 Å². The molecule has 7 heteroatoms. The van der Waals surface area contributed by atoms with E-state index in [-0.39, 0.29) is 12.1 Å². The highest BCUT2D eigenvalue weighted by Gasteiger charge is 2.32. The maximum absolute atomic E-state index is 5.95. The number of ether oxygens (including phenoxy) is 1. The minimum atomic E-state index is 0.122. The molecule has 2 fully saturated rings. The molecule has 0 radical (unpaired) electrons. The van der Waals surface area contributed by atoms with Crippen LogP contribution in [0.25, 0.3) is 0 Å². The Morgan fingerprint density at radius 2 is 2.17 bits per heavy atom. The Balaban J connectivity index is 1.40. The highest BCUT2D eigenvalue weighted by atomic mass is 16.5. The van der Waals surface area contributed by atoms with Gasteiger partial charge in [0.25, 0.3) is 0 Å². The maximum atomic E-state index is 5.95. The molecule has 0 N–H and O–H groups in total. The Morgan fingerprint density at radius 1 is 1.33 bits per heavy atom. The topological polar surface area (TPSA) is 69.2 Å². The van der Waals surface area contributed by atoms with Gasteiger partial charge in [0.15, 0.2) is 5.82 Å². The first-order valence-electron chi connectivity index (χ1n) is 8.80. The molecule has 2 atom stereocenters. The molecule has 1 aliphatic carbocycles. The first kappa shape index (κ1) is 15.8. The Labute approximate surface area is 142 Å². The molecule has 2 aromatic heterocycles. The molecule has 1 saturated carbocycles. The van der Waals surface area contributed by atoms with Crippen LogP contribution < -0.4 is 0 Å². The molecule has 130 valence electrons. The van der Waals surface area contributed by atoms with Crippen molar-refractivity contribution in [2.45, 2.75) is 58.2 Å². The lowest BCUT2D eigenvalue weighted by molar-refractivity contribution is -0.0534. The highest BCUT2D eigenvalue weighted by Crippen LogP contribution is 2.38. The Kier molecular flexibility index (Phi) is 4.14. The quantitative estimate of drug-likeness (QED) is 0.837. The summed E-state index contributed by atoms with van der Waals surface area (Å²) in [4.78, 5) is 6.96. The summed E-state index contributed by atoms with van der Waals surface area (Å²) in [6.45, 7) is 9.47. The number of aromatic nitrogens is 4. The monoisotopic (exact) mass is 331 g/mol. The smallest absolute Gasteiger partial charge is 0.243 e. The molecule has 2 aromatic rings. The summed E-state index contributed by atoms with van der Waals surface area (Å²) in [5.41, 5.74) is 2.22. The zero-order valence-electron chi connectivity index (χ0n) is 14.6. The van der Waals surface area contributed by atoms with E-state index in [1.54, 1.807) is 0 Å². The predicted molar refractivity (Wildman–Crippen MR) is 87.7 cm³/mol. The van der Waals surface area contributed by atoms with E-state index >= 15 is 0 Å². The fourth-order valence-corrected chi connectivity index (χ4v) is 3.34. The van der Waals surface area contributed by atoms with E-state index in [1.807, 2.05) is 11.6 Å². The van der Waals surface area contributed by atoms with Gasteiger partial charge in [-0.1, -0.05) is 5.16 Å². The fourth-order valence-electron chi connectivity index (χ4n) is 3.34. The number of hydrogen-bond acceptors (Lipinski definition) is 6. The molecule has 3 heterocycles. The van der Waals surface area contributed by atoms with E-state index in [0.717, 1.165) is 43.7 Å². The minimum Gasteiger partial charge on any atom is -0.374 e. The van der Waals surface area contributed by atoms with Crippen molar-refractivity contribution >= 4 is 0 Å². The van der Waals surface area contributed by atoms with Gasteiger partial charge in [-0.3, -0.25) is 9.58 Å². The lowest BCUT2D eigenvalue weighted by Gasteiger charge is -2.35. The summed E-state index contributed by atoms with van der Waals surface area (Å²) in [5.74, 6) is 2.13. The van der Waals surface area contributed by atoms with Crippen LogP contribution >= 0.6 is 0 Å².